The summed E-state index contributed by atoms with van der Waals surface area (Å²) in [7, 11) is 0. The SMILES string of the molecule is Cc1cc(C)c2oc(-c3ccc(C=Cc4ccc(-c5ccccc5)cc4)cc3)nc2c1. The molecule has 0 saturated heterocycles. The first-order valence-electron chi connectivity index (χ1n) is 10.5. The topological polar surface area (TPSA) is 26.0 Å². The van der Waals surface area contributed by atoms with Gasteiger partial charge in [-0.3, -0.25) is 0 Å². The summed E-state index contributed by atoms with van der Waals surface area (Å²) >= 11 is 0. The zero-order valence-electron chi connectivity index (χ0n) is 17.7. The number of oxazole rings is 1. The molecule has 5 rings (SSSR count). The van der Waals surface area contributed by atoms with Crippen LogP contribution in [0.5, 0.6) is 0 Å². The third-order valence-electron chi connectivity index (χ3n) is 5.46. The Morgan fingerprint density at radius 2 is 1.23 bits per heavy atom. The van der Waals surface area contributed by atoms with Crippen LogP contribution >= 0.6 is 0 Å². The molecule has 0 radical (unpaired) electrons. The molecule has 0 aliphatic rings. The van der Waals surface area contributed by atoms with Crippen molar-refractivity contribution >= 4 is 23.3 Å². The molecule has 0 aliphatic heterocycles. The molecule has 31 heavy (non-hydrogen) atoms. The summed E-state index contributed by atoms with van der Waals surface area (Å²) in [6.45, 7) is 4.14. The first-order chi connectivity index (χ1) is 15.2. The Morgan fingerprint density at radius 1 is 0.645 bits per heavy atom. The first kappa shape index (κ1) is 19.1. The van der Waals surface area contributed by atoms with Crippen LogP contribution in [0.15, 0.2) is 95.4 Å². The largest absolute Gasteiger partial charge is 0.436 e. The molecule has 0 fully saturated rings. The predicted molar refractivity (Wildman–Crippen MR) is 130 cm³/mol. The molecular formula is C29H23NO. The number of rotatable bonds is 4. The van der Waals surface area contributed by atoms with Gasteiger partial charge >= 0.3 is 0 Å². The molecule has 0 bridgehead atoms. The van der Waals surface area contributed by atoms with Crippen molar-refractivity contribution < 1.29 is 4.42 Å². The molecular weight excluding hydrogens is 378 g/mol. The van der Waals surface area contributed by atoms with Gasteiger partial charge in [0.15, 0.2) is 5.58 Å². The zero-order valence-corrected chi connectivity index (χ0v) is 17.7. The quantitative estimate of drug-likeness (QED) is 0.286. The minimum atomic E-state index is 0.663. The normalized spacial score (nSPS) is 11.4. The van der Waals surface area contributed by atoms with Gasteiger partial charge in [-0.2, -0.15) is 0 Å². The first-order valence-corrected chi connectivity index (χ1v) is 10.5. The molecule has 5 aromatic rings. The summed E-state index contributed by atoms with van der Waals surface area (Å²) in [6.07, 6.45) is 4.26. The van der Waals surface area contributed by atoms with Gasteiger partial charge in [0.1, 0.15) is 5.52 Å². The van der Waals surface area contributed by atoms with Crippen molar-refractivity contribution in [1.82, 2.24) is 4.98 Å². The third-order valence-corrected chi connectivity index (χ3v) is 5.46. The molecule has 0 N–H and O–H groups in total. The van der Waals surface area contributed by atoms with Crippen LogP contribution in [0.3, 0.4) is 0 Å². The lowest BCUT2D eigenvalue weighted by atomic mass is 10.0. The monoisotopic (exact) mass is 401 g/mol. The molecule has 1 aromatic heterocycles. The maximum absolute atomic E-state index is 6.03. The van der Waals surface area contributed by atoms with Gasteiger partial charge in [-0.05, 0) is 65.4 Å². The number of nitrogens with zero attached hydrogens (tertiary/aromatic N) is 1. The summed E-state index contributed by atoms with van der Waals surface area (Å²) in [5.41, 5.74) is 9.85. The lowest BCUT2D eigenvalue weighted by molar-refractivity contribution is 0.617. The Kier molecular flexibility index (Phi) is 4.97. The molecule has 0 saturated carbocycles. The third kappa shape index (κ3) is 4.06. The van der Waals surface area contributed by atoms with E-state index in [1.54, 1.807) is 0 Å². The fourth-order valence-corrected chi connectivity index (χ4v) is 3.85. The van der Waals surface area contributed by atoms with Crippen LogP contribution in [-0.2, 0) is 0 Å². The molecule has 0 unspecified atom stereocenters. The number of fused-ring (bicyclic) bond motifs is 1. The van der Waals surface area contributed by atoms with Crippen LogP contribution in [0.1, 0.15) is 22.3 Å². The molecule has 2 heteroatoms. The highest BCUT2D eigenvalue weighted by Crippen LogP contribution is 2.28. The van der Waals surface area contributed by atoms with Crippen LogP contribution in [0.25, 0.3) is 45.8 Å². The lowest BCUT2D eigenvalue weighted by Gasteiger charge is -2.02. The molecule has 150 valence electrons. The summed E-state index contributed by atoms with van der Waals surface area (Å²) in [4.78, 5) is 4.68. The highest BCUT2D eigenvalue weighted by Gasteiger charge is 2.10. The Hall–Kier alpha value is -3.91. The maximum atomic E-state index is 6.03. The second-order valence-corrected chi connectivity index (χ2v) is 7.89. The van der Waals surface area contributed by atoms with E-state index in [1.807, 2.05) is 6.07 Å². The number of hydrogen-bond acceptors (Lipinski definition) is 2. The summed E-state index contributed by atoms with van der Waals surface area (Å²) in [6, 6.07) is 31.6. The minimum Gasteiger partial charge on any atom is -0.436 e. The average molecular weight is 402 g/mol. The Bertz CT molecular complexity index is 1360. The molecule has 2 nitrogen and oxygen atoms in total. The summed E-state index contributed by atoms with van der Waals surface area (Å²) < 4.78 is 6.03. The Balaban J connectivity index is 1.33. The van der Waals surface area contributed by atoms with Crippen molar-refractivity contribution in [2.45, 2.75) is 13.8 Å². The van der Waals surface area contributed by atoms with Crippen LogP contribution in [0.2, 0.25) is 0 Å². The number of aromatic nitrogens is 1. The van der Waals surface area contributed by atoms with Gasteiger partial charge in [-0.15, -0.1) is 0 Å². The number of hydrogen-bond donors (Lipinski definition) is 0. The second-order valence-electron chi connectivity index (χ2n) is 7.89. The smallest absolute Gasteiger partial charge is 0.227 e. The summed E-state index contributed by atoms with van der Waals surface area (Å²) in [5.74, 6) is 0.663. The van der Waals surface area contributed by atoms with E-state index in [2.05, 4.69) is 116 Å². The van der Waals surface area contributed by atoms with Crippen molar-refractivity contribution in [2.75, 3.05) is 0 Å². The van der Waals surface area contributed by atoms with E-state index in [-0.39, 0.29) is 0 Å². The molecule has 4 aromatic carbocycles. The lowest BCUT2D eigenvalue weighted by Crippen LogP contribution is -1.79. The Labute approximate surface area is 182 Å². The van der Waals surface area contributed by atoms with Gasteiger partial charge in [0.2, 0.25) is 5.89 Å². The van der Waals surface area contributed by atoms with Crippen molar-refractivity contribution in [3.8, 4) is 22.6 Å². The van der Waals surface area contributed by atoms with E-state index >= 15 is 0 Å². The maximum Gasteiger partial charge on any atom is 0.227 e. The molecule has 0 amide bonds. The Morgan fingerprint density at radius 3 is 1.87 bits per heavy atom. The van der Waals surface area contributed by atoms with Gasteiger partial charge < -0.3 is 4.42 Å². The summed E-state index contributed by atoms with van der Waals surface area (Å²) in [5, 5.41) is 0. The molecule has 0 aliphatic carbocycles. The predicted octanol–water partition coefficient (Wildman–Crippen LogP) is 7.95. The minimum absolute atomic E-state index is 0.663. The average Bonchev–Trinajstić information content (AvgIpc) is 3.23. The fraction of sp³-hybridized carbons (Fsp3) is 0.0690. The highest BCUT2D eigenvalue weighted by atomic mass is 16.3. The standard InChI is InChI=1S/C29H23NO/c1-20-18-21(2)28-27(19-20)30-29(31-28)26-16-12-23(13-17-26)9-8-22-10-14-25(15-11-22)24-6-4-3-5-7-24/h3-19H,1-2H3. The van der Waals surface area contributed by atoms with Crippen LogP contribution in [0, 0.1) is 13.8 Å². The van der Waals surface area contributed by atoms with Crippen molar-refractivity contribution in [1.29, 1.82) is 0 Å². The van der Waals surface area contributed by atoms with Gasteiger partial charge in [-0.25, -0.2) is 4.98 Å². The van der Waals surface area contributed by atoms with E-state index in [0.717, 1.165) is 27.8 Å². The van der Waals surface area contributed by atoms with Gasteiger partial charge in [0.05, 0.1) is 0 Å². The molecule has 0 atom stereocenters. The van der Waals surface area contributed by atoms with E-state index in [0.29, 0.717) is 5.89 Å². The van der Waals surface area contributed by atoms with Crippen molar-refractivity contribution in [3.63, 3.8) is 0 Å². The van der Waals surface area contributed by atoms with Crippen molar-refractivity contribution in [3.05, 3.63) is 113 Å². The van der Waals surface area contributed by atoms with Crippen LogP contribution < -0.4 is 0 Å². The van der Waals surface area contributed by atoms with Gasteiger partial charge in [0.25, 0.3) is 0 Å². The highest BCUT2D eigenvalue weighted by molar-refractivity contribution is 5.80. The van der Waals surface area contributed by atoms with E-state index in [1.165, 1.54) is 22.3 Å². The van der Waals surface area contributed by atoms with Gasteiger partial charge in [0, 0.05) is 5.56 Å². The number of aryl methyl sites for hydroxylation is 2. The van der Waals surface area contributed by atoms with E-state index in [4.69, 9.17) is 4.42 Å². The second kappa shape index (κ2) is 8.08. The molecule has 0 spiro atoms. The van der Waals surface area contributed by atoms with E-state index < -0.39 is 0 Å². The number of benzene rings is 4. The fourth-order valence-electron chi connectivity index (χ4n) is 3.85. The van der Waals surface area contributed by atoms with E-state index in [9.17, 15) is 0 Å². The zero-order chi connectivity index (χ0) is 21.2. The molecule has 1 heterocycles. The van der Waals surface area contributed by atoms with Crippen LogP contribution in [-0.4, -0.2) is 4.98 Å². The van der Waals surface area contributed by atoms with Gasteiger partial charge in [-0.1, -0.05) is 84.9 Å². The van der Waals surface area contributed by atoms with Crippen LogP contribution in [0.4, 0.5) is 0 Å². The van der Waals surface area contributed by atoms with Crippen molar-refractivity contribution in [2.24, 2.45) is 0 Å².